The van der Waals surface area contributed by atoms with Crippen LogP contribution in [0, 0.1) is 0 Å². The van der Waals surface area contributed by atoms with Crippen LogP contribution >= 0.6 is 0 Å². The van der Waals surface area contributed by atoms with Crippen molar-refractivity contribution in [2.75, 3.05) is 20.3 Å². The average Bonchev–Trinajstić information content (AvgIpc) is 2.29. The normalized spacial score (nSPS) is 20.6. The number of nitrogens with zero attached hydrogens (tertiary/aromatic N) is 1. The molecule has 1 amide bonds. The lowest BCUT2D eigenvalue weighted by molar-refractivity contribution is -0.135. The molecule has 1 unspecified atom stereocenters. The Hall–Kier alpha value is -1.23. The molecule has 0 bridgehead atoms. The zero-order valence-corrected chi connectivity index (χ0v) is 9.90. The topological polar surface area (TPSA) is 61.8 Å². The van der Waals surface area contributed by atoms with E-state index in [2.05, 4.69) is 12.2 Å². The highest BCUT2D eigenvalue weighted by molar-refractivity contribution is 5.91. The number of hydrogen-bond donors (Lipinski definition) is 2. The first kappa shape index (κ1) is 12.8. The fourth-order valence-corrected chi connectivity index (χ4v) is 1.70. The summed E-state index contributed by atoms with van der Waals surface area (Å²) < 4.78 is 4.96. The molecule has 92 valence electrons. The predicted octanol–water partition coefficient (Wildman–Crippen LogP) is 0.980. The highest BCUT2D eigenvalue weighted by Gasteiger charge is 2.28. The number of unbranched alkanes of at least 4 members (excludes halogenated alkanes) is 1. The molecule has 0 aromatic rings. The number of methoxy groups -OCH3 is 1. The van der Waals surface area contributed by atoms with Gasteiger partial charge in [-0.3, -0.25) is 4.79 Å². The summed E-state index contributed by atoms with van der Waals surface area (Å²) in [5, 5.41) is 12.4. The summed E-state index contributed by atoms with van der Waals surface area (Å²) in [6.45, 7) is 3.08. The van der Waals surface area contributed by atoms with Gasteiger partial charge in [-0.2, -0.15) is 0 Å². The summed E-state index contributed by atoms with van der Waals surface area (Å²) in [4.78, 5) is 13.3. The Labute approximate surface area is 96.1 Å². The fourth-order valence-electron chi connectivity index (χ4n) is 1.70. The van der Waals surface area contributed by atoms with E-state index >= 15 is 0 Å². The number of rotatable bonds is 6. The van der Waals surface area contributed by atoms with Gasteiger partial charge in [0.2, 0.25) is 0 Å². The third kappa shape index (κ3) is 3.13. The molecule has 16 heavy (non-hydrogen) atoms. The predicted molar refractivity (Wildman–Crippen MR) is 60.7 cm³/mol. The van der Waals surface area contributed by atoms with Gasteiger partial charge in [0.15, 0.2) is 5.76 Å². The molecular weight excluding hydrogens is 208 g/mol. The molecule has 1 heterocycles. The van der Waals surface area contributed by atoms with Crippen LogP contribution in [0.4, 0.5) is 0 Å². The highest BCUT2D eigenvalue weighted by atomic mass is 16.5. The third-order valence-corrected chi connectivity index (χ3v) is 2.64. The molecule has 2 N–H and O–H groups in total. The van der Waals surface area contributed by atoms with Gasteiger partial charge in [0.25, 0.3) is 5.91 Å². The van der Waals surface area contributed by atoms with Gasteiger partial charge in [0.1, 0.15) is 6.17 Å². The lowest BCUT2D eigenvalue weighted by Crippen LogP contribution is -2.52. The van der Waals surface area contributed by atoms with Crippen molar-refractivity contribution in [3.63, 3.8) is 0 Å². The second-order valence-corrected chi connectivity index (χ2v) is 3.85. The lowest BCUT2D eigenvalue weighted by Gasteiger charge is -2.34. The van der Waals surface area contributed by atoms with E-state index in [9.17, 15) is 9.90 Å². The van der Waals surface area contributed by atoms with Crippen LogP contribution < -0.4 is 5.32 Å². The number of amides is 1. The monoisotopic (exact) mass is 228 g/mol. The molecule has 0 radical (unpaired) electrons. The van der Waals surface area contributed by atoms with Gasteiger partial charge in [-0.1, -0.05) is 13.3 Å². The minimum absolute atomic E-state index is 0.0292. The van der Waals surface area contributed by atoms with E-state index in [4.69, 9.17) is 4.74 Å². The summed E-state index contributed by atoms with van der Waals surface area (Å²) in [5.41, 5.74) is 0. The van der Waals surface area contributed by atoms with E-state index in [1.807, 2.05) is 0 Å². The molecule has 1 aliphatic rings. The third-order valence-electron chi connectivity index (χ3n) is 2.64. The average molecular weight is 228 g/mol. The SMILES string of the molecule is CCCCC1NC=C(O)C(=O)N1CCOC. The van der Waals surface area contributed by atoms with Crippen molar-refractivity contribution in [2.24, 2.45) is 0 Å². The van der Waals surface area contributed by atoms with Crippen LogP contribution in [-0.2, 0) is 9.53 Å². The minimum atomic E-state index is -0.322. The van der Waals surface area contributed by atoms with Crippen LogP contribution in [-0.4, -0.2) is 42.3 Å². The van der Waals surface area contributed by atoms with E-state index in [1.165, 1.54) is 6.20 Å². The number of ether oxygens (including phenoxy) is 1. The molecule has 1 rings (SSSR count). The molecule has 1 atom stereocenters. The van der Waals surface area contributed by atoms with Gasteiger partial charge >= 0.3 is 0 Å². The van der Waals surface area contributed by atoms with E-state index in [0.29, 0.717) is 13.2 Å². The molecule has 0 saturated carbocycles. The first-order valence-electron chi connectivity index (χ1n) is 5.65. The summed E-state index contributed by atoms with van der Waals surface area (Å²) >= 11 is 0. The lowest BCUT2D eigenvalue weighted by atomic mass is 10.1. The van der Waals surface area contributed by atoms with Gasteiger partial charge in [0.05, 0.1) is 6.61 Å². The van der Waals surface area contributed by atoms with Gasteiger partial charge in [-0.25, -0.2) is 0 Å². The summed E-state index contributed by atoms with van der Waals surface area (Å²) in [5.74, 6) is -0.555. The number of nitrogens with one attached hydrogen (secondary N) is 1. The van der Waals surface area contributed by atoms with Crippen molar-refractivity contribution >= 4 is 5.91 Å². The van der Waals surface area contributed by atoms with Crippen LogP contribution in [0.2, 0.25) is 0 Å². The summed E-state index contributed by atoms with van der Waals surface area (Å²) in [7, 11) is 1.60. The van der Waals surface area contributed by atoms with Crippen molar-refractivity contribution in [1.82, 2.24) is 10.2 Å². The Balaban J connectivity index is 2.61. The Morgan fingerprint density at radius 2 is 2.38 bits per heavy atom. The molecule has 0 saturated heterocycles. The molecule has 0 aromatic carbocycles. The minimum Gasteiger partial charge on any atom is -0.502 e. The fraction of sp³-hybridized carbons (Fsp3) is 0.727. The van der Waals surface area contributed by atoms with E-state index in [0.717, 1.165) is 19.3 Å². The van der Waals surface area contributed by atoms with Crippen molar-refractivity contribution in [3.8, 4) is 0 Å². The molecule has 0 spiro atoms. The molecule has 5 nitrogen and oxygen atoms in total. The number of carbonyl (C=O) groups is 1. The standard InChI is InChI=1S/C11H20N2O3/c1-3-4-5-10-12-8-9(14)11(15)13(10)6-7-16-2/h8,10,12,14H,3-7H2,1-2H3. The Morgan fingerprint density at radius 1 is 1.62 bits per heavy atom. The molecule has 0 aliphatic carbocycles. The maximum Gasteiger partial charge on any atom is 0.291 e. The van der Waals surface area contributed by atoms with Crippen LogP contribution in [0.3, 0.4) is 0 Å². The zero-order chi connectivity index (χ0) is 12.0. The number of aliphatic hydroxyl groups is 1. The van der Waals surface area contributed by atoms with E-state index < -0.39 is 0 Å². The van der Waals surface area contributed by atoms with E-state index in [-0.39, 0.29) is 17.8 Å². The van der Waals surface area contributed by atoms with Crippen LogP contribution in [0.25, 0.3) is 0 Å². The summed E-state index contributed by atoms with van der Waals surface area (Å²) in [6.07, 6.45) is 4.36. The summed E-state index contributed by atoms with van der Waals surface area (Å²) in [6, 6.07) is 0. The smallest absolute Gasteiger partial charge is 0.291 e. The molecule has 0 aromatic heterocycles. The zero-order valence-electron chi connectivity index (χ0n) is 9.90. The first-order valence-corrected chi connectivity index (χ1v) is 5.65. The number of aliphatic hydroxyl groups excluding tert-OH is 1. The highest BCUT2D eigenvalue weighted by Crippen LogP contribution is 2.13. The Morgan fingerprint density at radius 3 is 3.00 bits per heavy atom. The van der Waals surface area contributed by atoms with Gasteiger partial charge in [0, 0.05) is 19.9 Å². The maximum absolute atomic E-state index is 11.7. The molecule has 5 heteroatoms. The van der Waals surface area contributed by atoms with Crippen LogP contribution in [0.1, 0.15) is 26.2 Å². The van der Waals surface area contributed by atoms with Crippen LogP contribution in [0.5, 0.6) is 0 Å². The second-order valence-electron chi connectivity index (χ2n) is 3.85. The molecular formula is C11H20N2O3. The first-order chi connectivity index (χ1) is 7.70. The quantitative estimate of drug-likeness (QED) is 0.711. The number of hydrogen-bond acceptors (Lipinski definition) is 4. The molecule has 0 fully saturated rings. The van der Waals surface area contributed by atoms with Crippen molar-refractivity contribution in [3.05, 3.63) is 12.0 Å². The van der Waals surface area contributed by atoms with Gasteiger partial charge < -0.3 is 20.1 Å². The van der Waals surface area contributed by atoms with Crippen molar-refractivity contribution in [1.29, 1.82) is 0 Å². The van der Waals surface area contributed by atoms with Gasteiger partial charge in [-0.15, -0.1) is 0 Å². The maximum atomic E-state index is 11.7. The Kier molecular flexibility index (Phi) is 5.11. The Bertz CT molecular complexity index is 266. The van der Waals surface area contributed by atoms with E-state index in [1.54, 1.807) is 12.0 Å². The number of carbonyl (C=O) groups excluding carboxylic acids is 1. The van der Waals surface area contributed by atoms with Crippen molar-refractivity contribution < 1.29 is 14.6 Å². The van der Waals surface area contributed by atoms with Crippen LogP contribution in [0.15, 0.2) is 12.0 Å². The second kappa shape index (κ2) is 6.37. The van der Waals surface area contributed by atoms with Crippen molar-refractivity contribution in [2.45, 2.75) is 32.4 Å². The molecule has 1 aliphatic heterocycles. The van der Waals surface area contributed by atoms with Gasteiger partial charge in [-0.05, 0) is 12.8 Å². The largest absolute Gasteiger partial charge is 0.502 e.